The second-order valence-electron chi connectivity index (χ2n) is 7.66. The van der Waals surface area contributed by atoms with Gasteiger partial charge in [0.25, 0.3) is 0 Å². The number of fused-ring (bicyclic) bond motifs is 3. The van der Waals surface area contributed by atoms with Crippen molar-refractivity contribution in [3.63, 3.8) is 0 Å². The van der Waals surface area contributed by atoms with Gasteiger partial charge in [-0.1, -0.05) is 42.5 Å². The molecule has 4 nitrogen and oxygen atoms in total. The maximum absolute atomic E-state index is 12.1. The summed E-state index contributed by atoms with van der Waals surface area (Å²) in [7, 11) is 1.43. The minimum absolute atomic E-state index is 0.289. The summed E-state index contributed by atoms with van der Waals surface area (Å²) in [5, 5.41) is 2.43. The minimum Gasteiger partial charge on any atom is -0.465 e. The van der Waals surface area contributed by atoms with Crippen LogP contribution in [0, 0.1) is 0 Å². The van der Waals surface area contributed by atoms with Gasteiger partial charge in [0.2, 0.25) is 0 Å². The van der Waals surface area contributed by atoms with Gasteiger partial charge < -0.3 is 14.2 Å². The third-order valence-corrected chi connectivity index (χ3v) is 6.08. The Balaban J connectivity index is 1.55. The molecule has 2 heterocycles. The van der Waals surface area contributed by atoms with E-state index >= 15 is 0 Å². The van der Waals surface area contributed by atoms with Crippen molar-refractivity contribution in [1.29, 1.82) is 0 Å². The van der Waals surface area contributed by atoms with Crippen LogP contribution >= 0.6 is 0 Å². The molecule has 0 bridgehead atoms. The van der Waals surface area contributed by atoms with Gasteiger partial charge in [-0.15, -0.1) is 0 Å². The lowest BCUT2D eigenvalue weighted by molar-refractivity contribution is 0.0601. The summed E-state index contributed by atoms with van der Waals surface area (Å²) in [5.74, 6) is -0.289. The van der Waals surface area contributed by atoms with Crippen molar-refractivity contribution in [3.8, 4) is 0 Å². The fourth-order valence-electron chi connectivity index (χ4n) is 4.66. The third-order valence-electron chi connectivity index (χ3n) is 6.08. The van der Waals surface area contributed by atoms with Crippen LogP contribution in [0.15, 0.2) is 72.8 Å². The van der Waals surface area contributed by atoms with Crippen LogP contribution in [-0.2, 0) is 4.74 Å². The summed E-state index contributed by atoms with van der Waals surface area (Å²) in [5.41, 5.74) is 4.25. The predicted molar refractivity (Wildman–Crippen MR) is 118 cm³/mol. The van der Waals surface area contributed by atoms with E-state index in [9.17, 15) is 4.79 Å². The molecular formula is C25H24N2O2. The Bertz CT molecular complexity index is 1170. The van der Waals surface area contributed by atoms with Gasteiger partial charge in [-0.3, -0.25) is 0 Å². The number of rotatable bonds is 3. The monoisotopic (exact) mass is 384 g/mol. The van der Waals surface area contributed by atoms with Gasteiger partial charge >= 0.3 is 5.97 Å². The number of hydrogen-bond acceptors (Lipinski definition) is 3. The topological polar surface area (TPSA) is 34.5 Å². The average Bonchev–Trinajstić information content (AvgIpc) is 3.13. The molecule has 0 spiro atoms. The second kappa shape index (κ2) is 7.28. The largest absolute Gasteiger partial charge is 0.465 e. The number of piperidine rings is 1. The molecular weight excluding hydrogens is 360 g/mol. The van der Waals surface area contributed by atoms with Gasteiger partial charge in [-0.25, -0.2) is 4.79 Å². The van der Waals surface area contributed by atoms with Crippen molar-refractivity contribution >= 4 is 33.5 Å². The van der Waals surface area contributed by atoms with E-state index in [0.29, 0.717) is 11.6 Å². The van der Waals surface area contributed by atoms with E-state index in [-0.39, 0.29) is 5.97 Å². The van der Waals surface area contributed by atoms with E-state index in [1.165, 1.54) is 29.1 Å². The number of anilines is 1. The van der Waals surface area contributed by atoms with Gasteiger partial charge in [-0.2, -0.15) is 0 Å². The molecule has 1 aromatic heterocycles. The highest BCUT2D eigenvalue weighted by atomic mass is 16.5. The summed E-state index contributed by atoms with van der Waals surface area (Å²) < 4.78 is 7.40. The molecule has 0 N–H and O–H groups in total. The Morgan fingerprint density at radius 3 is 2.31 bits per heavy atom. The molecule has 0 aliphatic carbocycles. The zero-order chi connectivity index (χ0) is 19.8. The van der Waals surface area contributed by atoms with Crippen molar-refractivity contribution in [2.45, 2.75) is 18.9 Å². The average molecular weight is 384 g/mol. The lowest BCUT2D eigenvalue weighted by Gasteiger charge is -2.35. The fraction of sp³-hybridized carbons (Fsp3) is 0.240. The van der Waals surface area contributed by atoms with Gasteiger partial charge in [0, 0.05) is 41.1 Å². The normalized spacial score (nSPS) is 15.1. The fourth-order valence-corrected chi connectivity index (χ4v) is 4.66. The van der Waals surface area contributed by atoms with Crippen LogP contribution < -0.4 is 4.90 Å². The number of nitrogens with zero attached hydrogens (tertiary/aromatic N) is 2. The molecule has 0 unspecified atom stereocenters. The van der Waals surface area contributed by atoms with E-state index in [1.54, 1.807) is 0 Å². The maximum atomic E-state index is 12.1. The van der Waals surface area contributed by atoms with Gasteiger partial charge in [0.15, 0.2) is 0 Å². The van der Waals surface area contributed by atoms with Crippen molar-refractivity contribution in [1.82, 2.24) is 4.57 Å². The highest BCUT2D eigenvalue weighted by Crippen LogP contribution is 2.36. The smallest absolute Gasteiger partial charge is 0.337 e. The first-order chi connectivity index (χ1) is 14.3. The third kappa shape index (κ3) is 3.05. The lowest BCUT2D eigenvalue weighted by Crippen LogP contribution is -2.34. The highest BCUT2D eigenvalue weighted by molar-refractivity contribution is 6.09. The Labute approximate surface area is 170 Å². The molecule has 29 heavy (non-hydrogen) atoms. The first-order valence-electron chi connectivity index (χ1n) is 10.2. The molecule has 1 saturated heterocycles. The van der Waals surface area contributed by atoms with Gasteiger partial charge in [0.05, 0.1) is 18.2 Å². The van der Waals surface area contributed by atoms with E-state index in [2.05, 4.69) is 70.1 Å². The zero-order valence-electron chi connectivity index (χ0n) is 16.5. The van der Waals surface area contributed by atoms with Crippen molar-refractivity contribution in [2.75, 3.05) is 25.1 Å². The SMILES string of the molecule is COC(=O)c1ccc2c3ccccc3n(C3CCN(c4ccccc4)CC3)c2c1. The summed E-state index contributed by atoms with van der Waals surface area (Å²) >= 11 is 0. The van der Waals surface area contributed by atoms with Crippen LogP contribution in [0.25, 0.3) is 21.8 Å². The standard InChI is InChI=1S/C25H24N2O2/c1-29-25(28)18-11-12-22-21-9-5-6-10-23(21)27(24(22)17-18)20-13-15-26(16-14-20)19-7-3-2-4-8-19/h2-12,17,20H,13-16H2,1H3. The molecule has 0 radical (unpaired) electrons. The van der Waals surface area contributed by atoms with Crippen molar-refractivity contribution < 1.29 is 9.53 Å². The number of ether oxygens (including phenoxy) is 1. The van der Waals surface area contributed by atoms with Gasteiger partial charge in [-0.05, 0) is 43.2 Å². The first kappa shape index (κ1) is 17.8. The molecule has 0 atom stereocenters. The number of para-hydroxylation sites is 2. The predicted octanol–water partition coefficient (Wildman–Crippen LogP) is 5.42. The van der Waals surface area contributed by atoms with Crippen LogP contribution in [0.3, 0.4) is 0 Å². The Kier molecular flexibility index (Phi) is 4.47. The van der Waals surface area contributed by atoms with Crippen LogP contribution in [0.1, 0.15) is 29.2 Å². The number of esters is 1. The van der Waals surface area contributed by atoms with Crippen molar-refractivity contribution in [2.24, 2.45) is 0 Å². The Morgan fingerprint density at radius 1 is 0.862 bits per heavy atom. The summed E-state index contributed by atoms with van der Waals surface area (Å²) in [6, 6.07) is 25.5. The van der Waals surface area contributed by atoms with Crippen LogP contribution in [0.2, 0.25) is 0 Å². The Morgan fingerprint density at radius 2 is 1.55 bits per heavy atom. The van der Waals surface area contributed by atoms with E-state index < -0.39 is 0 Å². The molecule has 5 rings (SSSR count). The molecule has 146 valence electrons. The number of carbonyl (C=O) groups is 1. The quantitative estimate of drug-likeness (QED) is 0.442. The molecule has 0 amide bonds. The number of methoxy groups -OCH3 is 1. The number of hydrogen-bond donors (Lipinski definition) is 0. The molecule has 1 aliphatic heterocycles. The van der Waals surface area contributed by atoms with E-state index in [4.69, 9.17) is 4.74 Å². The van der Waals surface area contributed by atoms with E-state index in [1.807, 2.05) is 12.1 Å². The summed E-state index contributed by atoms with van der Waals surface area (Å²) in [4.78, 5) is 14.6. The summed E-state index contributed by atoms with van der Waals surface area (Å²) in [6.45, 7) is 2.05. The molecule has 0 saturated carbocycles. The number of aromatic nitrogens is 1. The minimum atomic E-state index is -0.289. The lowest BCUT2D eigenvalue weighted by atomic mass is 10.0. The highest BCUT2D eigenvalue weighted by Gasteiger charge is 2.24. The number of benzene rings is 3. The summed E-state index contributed by atoms with van der Waals surface area (Å²) in [6.07, 6.45) is 2.15. The van der Waals surface area contributed by atoms with Gasteiger partial charge in [0.1, 0.15) is 0 Å². The number of carbonyl (C=O) groups excluding carboxylic acids is 1. The second-order valence-corrected chi connectivity index (χ2v) is 7.66. The Hall–Kier alpha value is -3.27. The van der Waals surface area contributed by atoms with Crippen LogP contribution in [0.5, 0.6) is 0 Å². The molecule has 1 aliphatic rings. The van der Waals surface area contributed by atoms with E-state index in [0.717, 1.165) is 31.4 Å². The van der Waals surface area contributed by atoms with Crippen molar-refractivity contribution in [3.05, 3.63) is 78.4 Å². The molecule has 3 aromatic carbocycles. The first-order valence-corrected chi connectivity index (χ1v) is 10.2. The van der Waals surface area contributed by atoms with Crippen LogP contribution in [-0.4, -0.2) is 30.7 Å². The molecule has 1 fully saturated rings. The maximum Gasteiger partial charge on any atom is 0.337 e. The zero-order valence-corrected chi connectivity index (χ0v) is 16.5. The molecule has 4 aromatic rings. The van der Waals surface area contributed by atoms with Crippen LogP contribution in [0.4, 0.5) is 5.69 Å². The molecule has 4 heteroatoms.